The largest absolute Gasteiger partial charge is 0.475 e. The number of carboxylic acids is 1. The molecule has 6 nitrogen and oxygen atoms in total. The first-order chi connectivity index (χ1) is 8.21. The molecule has 1 heterocycles. The highest BCUT2D eigenvalue weighted by molar-refractivity contribution is 7.89. The summed E-state index contributed by atoms with van der Waals surface area (Å²) in [5.74, 6) is -1.57. The molecule has 0 amide bonds. The van der Waals surface area contributed by atoms with Crippen LogP contribution in [0.25, 0.3) is 0 Å². The normalized spacial score (nSPS) is 13.8. The number of sulfonamides is 1. The van der Waals surface area contributed by atoms with Crippen LogP contribution in [0.4, 0.5) is 0 Å². The van der Waals surface area contributed by atoms with Crippen molar-refractivity contribution in [3.8, 4) is 0 Å². The molecule has 18 heavy (non-hydrogen) atoms. The summed E-state index contributed by atoms with van der Waals surface area (Å²) in [6.45, 7) is 5.09. The van der Waals surface area contributed by atoms with E-state index in [9.17, 15) is 13.2 Å². The third-order valence-electron chi connectivity index (χ3n) is 2.95. The van der Waals surface area contributed by atoms with Gasteiger partial charge in [0.05, 0.1) is 0 Å². The van der Waals surface area contributed by atoms with Crippen LogP contribution in [-0.2, 0) is 10.0 Å². The van der Waals surface area contributed by atoms with Crippen molar-refractivity contribution in [3.63, 3.8) is 0 Å². The average molecular weight is 275 g/mol. The fourth-order valence-electron chi connectivity index (χ4n) is 1.48. The van der Waals surface area contributed by atoms with Gasteiger partial charge in [0.1, 0.15) is 10.7 Å². The lowest BCUT2D eigenvalue weighted by molar-refractivity contribution is 0.0661. The zero-order valence-electron chi connectivity index (χ0n) is 10.8. The van der Waals surface area contributed by atoms with Crippen LogP contribution in [0.1, 0.15) is 36.6 Å². The summed E-state index contributed by atoms with van der Waals surface area (Å²) < 4.78 is 30.7. The third kappa shape index (κ3) is 2.56. The Labute approximate surface area is 106 Å². The summed E-state index contributed by atoms with van der Waals surface area (Å²) in [5, 5.41) is 8.78. The van der Waals surface area contributed by atoms with Gasteiger partial charge in [0, 0.05) is 19.2 Å². The van der Waals surface area contributed by atoms with Crippen LogP contribution in [0.5, 0.6) is 0 Å². The fraction of sp³-hybridized carbons (Fsp3) is 0.545. The highest BCUT2D eigenvalue weighted by Crippen LogP contribution is 2.24. The van der Waals surface area contributed by atoms with E-state index in [4.69, 9.17) is 9.52 Å². The van der Waals surface area contributed by atoms with Gasteiger partial charge in [-0.2, -0.15) is 4.31 Å². The van der Waals surface area contributed by atoms with E-state index >= 15 is 0 Å². The molecule has 102 valence electrons. The van der Waals surface area contributed by atoms with Crippen molar-refractivity contribution < 1.29 is 22.7 Å². The Morgan fingerprint density at radius 1 is 1.56 bits per heavy atom. The summed E-state index contributed by atoms with van der Waals surface area (Å²) in [6.07, 6.45) is 0.665. The first-order valence-electron chi connectivity index (χ1n) is 5.53. The molecule has 0 fully saturated rings. The Kier molecular flexibility index (Phi) is 4.18. The molecule has 1 N–H and O–H groups in total. The van der Waals surface area contributed by atoms with Gasteiger partial charge in [0.2, 0.25) is 15.8 Å². The number of nitrogens with zero attached hydrogens (tertiary/aromatic N) is 1. The van der Waals surface area contributed by atoms with E-state index in [0.717, 1.165) is 6.07 Å². The minimum absolute atomic E-state index is 0.0857. The molecule has 1 aromatic rings. The maximum Gasteiger partial charge on any atom is 0.371 e. The van der Waals surface area contributed by atoms with Crippen molar-refractivity contribution in [1.82, 2.24) is 4.31 Å². The minimum Gasteiger partial charge on any atom is -0.475 e. The predicted octanol–water partition coefficient (Wildman–Crippen LogP) is 1.71. The van der Waals surface area contributed by atoms with Crippen LogP contribution in [0, 0.1) is 6.92 Å². The summed E-state index contributed by atoms with van der Waals surface area (Å²) in [7, 11) is -2.25. The molecule has 0 bridgehead atoms. The number of hydrogen-bond acceptors (Lipinski definition) is 4. The molecular formula is C11H17NO5S. The van der Waals surface area contributed by atoms with Crippen molar-refractivity contribution in [3.05, 3.63) is 17.6 Å². The Balaban J connectivity index is 3.24. The summed E-state index contributed by atoms with van der Waals surface area (Å²) in [6, 6.07) is 0.879. The summed E-state index contributed by atoms with van der Waals surface area (Å²) >= 11 is 0. The van der Waals surface area contributed by atoms with Crippen LogP contribution in [-0.4, -0.2) is 36.9 Å². The number of aryl methyl sites for hydroxylation is 1. The molecule has 7 heteroatoms. The van der Waals surface area contributed by atoms with Gasteiger partial charge in [-0.15, -0.1) is 0 Å². The maximum atomic E-state index is 12.3. The van der Waals surface area contributed by atoms with Gasteiger partial charge in [0.15, 0.2) is 0 Å². The van der Waals surface area contributed by atoms with Gasteiger partial charge in [-0.3, -0.25) is 0 Å². The molecule has 1 unspecified atom stereocenters. The van der Waals surface area contributed by atoms with Gasteiger partial charge < -0.3 is 9.52 Å². The van der Waals surface area contributed by atoms with Crippen LogP contribution in [0.2, 0.25) is 0 Å². The summed E-state index contributed by atoms with van der Waals surface area (Å²) in [5.41, 5.74) is 0. The van der Waals surface area contributed by atoms with E-state index in [1.807, 2.05) is 6.92 Å². The van der Waals surface area contributed by atoms with Crippen molar-refractivity contribution in [2.45, 2.75) is 38.1 Å². The highest BCUT2D eigenvalue weighted by Gasteiger charge is 2.29. The summed E-state index contributed by atoms with van der Waals surface area (Å²) in [4.78, 5) is 10.7. The van der Waals surface area contributed by atoms with Gasteiger partial charge in [-0.1, -0.05) is 6.92 Å². The van der Waals surface area contributed by atoms with E-state index in [2.05, 4.69) is 0 Å². The van der Waals surface area contributed by atoms with E-state index in [1.165, 1.54) is 18.3 Å². The van der Waals surface area contributed by atoms with Crippen molar-refractivity contribution in [1.29, 1.82) is 0 Å². The van der Waals surface area contributed by atoms with Crippen LogP contribution in [0.3, 0.4) is 0 Å². The zero-order valence-corrected chi connectivity index (χ0v) is 11.6. The molecular weight excluding hydrogens is 258 g/mol. The van der Waals surface area contributed by atoms with Gasteiger partial charge in [0.25, 0.3) is 0 Å². The molecule has 0 saturated heterocycles. The number of rotatable bonds is 5. The lowest BCUT2D eigenvalue weighted by Gasteiger charge is -2.22. The minimum atomic E-state index is -3.72. The second-order valence-corrected chi connectivity index (χ2v) is 6.08. The Bertz CT molecular complexity index is 546. The number of carbonyl (C=O) groups is 1. The van der Waals surface area contributed by atoms with Crippen LogP contribution in [0.15, 0.2) is 15.4 Å². The van der Waals surface area contributed by atoms with Gasteiger partial charge in [-0.25, -0.2) is 13.2 Å². The molecule has 0 aliphatic rings. The topological polar surface area (TPSA) is 87.8 Å². The Morgan fingerprint density at radius 2 is 2.11 bits per heavy atom. The number of carboxylic acid groups (broad SMARTS) is 1. The molecule has 0 aliphatic carbocycles. The van der Waals surface area contributed by atoms with Crippen LogP contribution < -0.4 is 0 Å². The monoisotopic (exact) mass is 275 g/mol. The van der Waals surface area contributed by atoms with E-state index in [0.29, 0.717) is 6.42 Å². The van der Waals surface area contributed by atoms with Crippen molar-refractivity contribution in [2.24, 2.45) is 0 Å². The Hall–Kier alpha value is -1.34. The molecule has 1 atom stereocenters. The second kappa shape index (κ2) is 5.11. The lowest BCUT2D eigenvalue weighted by atomic mass is 10.3. The second-order valence-electron chi connectivity index (χ2n) is 4.11. The van der Waals surface area contributed by atoms with Gasteiger partial charge >= 0.3 is 5.97 Å². The van der Waals surface area contributed by atoms with Crippen LogP contribution >= 0.6 is 0 Å². The molecule has 0 saturated carbocycles. The van der Waals surface area contributed by atoms with Crippen molar-refractivity contribution >= 4 is 16.0 Å². The SMILES string of the molecule is CCC(C)N(C)S(=O)(=O)c1cc(C(=O)O)oc1C. The van der Waals surface area contributed by atoms with E-state index in [1.54, 1.807) is 6.92 Å². The number of furan rings is 1. The first-order valence-corrected chi connectivity index (χ1v) is 6.97. The molecule has 1 aromatic heterocycles. The van der Waals surface area contributed by atoms with Gasteiger partial charge in [-0.05, 0) is 20.3 Å². The number of aromatic carboxylic acids is 1. The zero-order chi connectivity index (χ0) is 14.1. The number of hydrogen-bond donors (Lipinski definition) is 1. The molecule has 0 aliphatic heterocycles. The predicted molar refractivity (Wildman–Crippen MR) is 65.1 cm³/mol. The first kappa shape index (κ1) is 14.7. The highest BCUT2D eigenvalue weighted by atomic mass is 32.2. The quantitative estimate of drug-likeness (QED) is 0.883. The van der Waals surface area contributed by atoms with E-state index in [-0.39, 0.29) is 22.5 Å². The fourth-order valence-corrected chi connectivity index (χ4v) is 3.07. The average Bonchev–Trinajstić information content (AvgIpc) is 2.70. The standard InChI is InChI=1S/C11H17NO5S/c1-5-7(2)12(4)18(15,16)10-6-9(11(13)14)17-8(10)3/h6-7H,5H2,1-4H3,(H,13,14). The molecule has 0 spiro atoms. The third-order valence-corrected chi connectivity index (χ3v) is 5.03. The lowest BCUT2D eigenvalue weighted by Crippen LogP contribution is -2.34. The van der Waals surface area contributed by atoms with E-state index < -0.39 is 16.0 Å². The molecule has 0 aromatic carbocycles. The smallest absolute Gasteiger partial charge is 0.371 e. The molecule has 1 rings (SSSR count). The maximum absolute atomic E-state index is 12.3. The molecule has 0 radical (unpaired) electrons. The van der Waals surface area contributed by atoms with Crippen molar-refractivity contribution in [2.75, 3.05) is 7.05 Å². The Morgan fingerprint density at radius 3 is 2.50 bits per heavy atom.